The van der Waals surface area contributed by atoms with E-state index in [-0.39, 0.29) is 0 Å². The minimum atomic E-state index is 0.873. The molecule has 2 heterocycles. The lowest BCUT2D eigenvalue weighted by molar-refractivity contribution is 1.12. The van der Waals surface area contributed by atoms with Gasteiger partial charge in [0.25, 0.3) is 0 Å². The van der Waals surface area contributed by atoms with Crippen molar-refractivity contribution in [2.75, 3.05) is 0 Å². The standard InChI is InChI=1S/C11H10N2S/c1-3-7-12-10(5-1)9-14-11-6-2-4-8-13-11/h1-8H,9H2. The Kier molecular flexibility index (Phi) is 3.14. The summed E-state index contributed by atoms with van der Waals surface area (Å²) in [5, 5.41) is 1.04. The van der Waals surface area contributed by atoms with Gasteiger partial charge >= 0.3 is 0 Å². The van der Waals surface area contributed by atoms with Crippen LogP contribution in [0.5, 0.6) is 0 Å². The van der Waals surface area contributed by atoms with Crippen LogP contribution in [0, 0.1) is 0 Å². The van der Waals surface area contributed by atoms with E-state index < -0.39 is 0 Å². The Balaban J connectivity index is 1.96. The predicted octanol–water partition coefficient (Wildman–Crippen LogP) is 2.77. The number of hydrogen-bond acceptors (Lipinski definition) is 3. The Hall–Kier alpha value is -1.35. The number of thioether (sulfide) groups is 1. The van der Waals surface area contributed by atoms with Gasteiger partial charge in [-0.25, -0.2) is 4.98 Å². The molecule has 3 heteroatoms. The van der Waals surface area contributed by atoms with Crippen LogP contribution in [0.1, 0.15) is 5.69 Å². The molecule has 0 aliphatic carbocycles. The smallest absolute Gasteiger partial charge is 0.0963 e. The molecule has 70 valence electrons. The molecule has 0 saturated heterocycles. The van der Waals surface area contributed by atoms with Gasteiger partial charge in [-0.1, -0.05) is 12.1 Å². The highest BCUT2D eigenvalue weighted by atomic mass is 32.2. The maximum absolute atomic E-state index is 4.25. The first-order chi connectivity index (χ1) is 6.95. The van der Waals surface area contributed by atoms with Crippen molar-refractivity contribution in [3.05, 3.63) is 54.5 Å². The Morgan fingerprint density at radius 1 is 0.929 bits per heavy atom. The van der Waals surface area contributed by atoms with Gasteiger partial charge in [0.05, 0.1) is 10.7 Å². The maximum Gasteiger partial charge on any atom is 0.0963 e. The molecule has 0 aromatic carbocycles. The Morgan fingerprint density at radius 2 is 1.71 bits per heavy atom. The number of rotatable bonds is 3. The highest BCUT2D eigenvalue weighted by Gasteiger charge is 1.96. The van der Waals surface area contributed by atoms with E-state index in [9.17, 15) is 0 Å². The summed E-state index contributed by atoms with van der Waals surface area (Å²) < 4.78 is 0. The minimum Gasteiger partial charge on any atom is -0.260 e. The second-order valence-electron chi connectivity index (χ2n) is 2.78. The normalized spacial score (nSPS) is 10.0. The van der Waals surface area contributed by atoms with Crippen molar-refractivity contribution in [1.29, 1.82) is 0 Å². The van der Waals surface area contributed by atoms with Crippen LogP contribution >= 0.6 is 11.8 Å². The first-order valence-electron chi connectivity index (χ1n) is 4.39. The van der Waals surface area contributed by atoms with E-state index in [0.29, 0.717) is 0 Å². The molecular weight excluding hydrogens is 192 g/mol. The van der Waals surface area contributed by atoms with Crippen molar-refractivity contribution in [2.45, 2.75) is 10.8 Å². The molecule has 0 spiro atoms. The third-order valence-corrected chi connectivity index (χ3v) is 2.71. The number of aromatic nitrogens is 2. The van der Waals surface area contributed by atoms with E-state index in [1.165, 1.54) is 0 Å². The predicted molar refractivity (Wildman–Crippen MR) is 58.0 cm³/mol. The SMILES string of the molecule is c1ccc(CSc2ccccn2)nc1. The number of pyridine rings is 2. The second-order valence-corrected chi connectivity index (χ2v) is 3.77. The molecule has 0 amide bonds. The second kappa shape index (κ2) is 4.77. The maximum atomic E-state index is 4.25. The molecule has 0 aliphatic heterocycles. The fraction of sp³-hybridized carbons (Fsp3) is 0.0909. The third-order valence-electron chi connectivity index (χ3n) is 1.73. The van der Waals surface area contributed by atoms with E-state index in [1.54, 1.807) is 18.0 Å². The van der Waals surface area contributed by atoms with Gasteiger partial charge in [0, 0.05) is 18.1 Å². The van der Waals surface area contributed by atoms with Crippen LogP contribution in [-0.2, 0) is 5.75 Å². The van der Waals surface area contributed by atoms with Crippen molar-refractivity contribution < 1.29 is 0 Å². The highest BCUT2D eigenvalue weighted by molar-refractivity contribution is 7.98. The van der Waals surface area contributed by atoms with Gasteiger partial charge in [0.15, 0.2) is 0 Å². The molecule has 2 aromatic heterocycles. The average Bonchev–Trinajstić information content (AvgIpc) is 2.29. The molecule has 0 N–H and O–H groups in total. The van der Waals surface area contributed by atoms with Crippen molar-refractivity contribution >= 4 is 11.8 Å². The molecule has 0 fully saturated rings. The monoisotopic (exact) mass is 202 g/mol. The quantitative estimate of drug-likeness (QED) is 0.716. The van der Waals surface area contributed by atoms with Gasteiger partial charge in [0.1, 0.15) is 0 Å². The summed E-state index contributed by atoms with van der Waals surface area (Å²) in [7, 11) is 0. The molecule has 0 saturated carbocycles. The van der Waals surface area contributed by atoms with Gasteiger partial charge in [-0.2, -0.15) is 0 Å². The van der Waals surface area contributed by atoms with Crippen molar-refractivity contribution in [3.8, 4) is 0 Å². The average molecular weight is 202 g/mol. The molecule has 2 nitrogen and oxygen atoms in total. The summed E-state index contributed by atoms with van der Waals surface area (Å²) >= 11 is 1.70. The lowest BCUT2D eigenvalue weighted by Gasteiger charge is -1.99. The van der Waals surface area contributed by atoms with Gasteiger partial charge in [0.2, 0.25) is 0 Å². The summed E-state index contributed by atoms with van der Waals surface area (Å²) in [4.78, 5) is 8.47. The van der Waals surface area contributed by atoms with E-state index in [1.807, 2.05) is 42.6 Å². The van der Waals surface area contributed by atoms with Crippen LogP contribution in [-0.4, -0.2) is 9.97 Å². The van der Waals surface area contributed by atoms with E-state index in [4.69, 9.17) is 0 Å². The molecule has 0 radical (unpaired) electrons. The molecule has 2 rings (SSSR count). The zero-order chi connectivity index (χ0) is 9.64. The van der Waals surface area contributed by atoms with Crippen LogP contribution in [0.3, 0.4) is 0 Å². The largest absolute Gasteiger partial charge is 0.260 e. The van der Waals surface area contributed by atoms with E-state index >= 15 is 0 Å². The Labute approximate surface area is 87.4 Å². The topological polar surface area (TPSA) is 25.8 Å². The molecule has 2 aromatic rings. The summed E-state index contributed by atoms with van der Waals surface area (Å²) in [6.07, 6.45) is 3.62. The molecule has 14 heavy (non-hydrogen) atoms. The highest BCUT2D eigenvalue weighted by Crippen LogP contribution is 2.18. The van der Waals surface area contributed by atoms with Crippen LogP contribution < -0.4 is 0 Å². The third kappa shape index (κ3) is 2.57. The molecule has 0 aliphatic rings. The minimum absolute atomic E-state index is 0.873. The Bertz CT molecular complexity index is 336. The van der Waals surface area contributed by atoms with Gasteiger partial charge in [-0.15, -0.1) is 11.8 Å². The van der Waals surface area contributed by atoms with Crippen molar-refractivity contribution in [3.63, 3.8) is 0 Å². The molecular formula is C11H10N2S. The van der Waals surface area contributed by atoms with Crippen LogP contribution in [0.25, 0.3) is 0 Å². The Morgan fingerprint density at radius 3 is 2.36 bits per heavy atom. The lowest BCUT2D eigenvalue weighted by atomic mass is 10.4. The zero-order valence-electron chi connectivity index (χ0n) is 7.63. The fourth-order valence-corrected chi connectivity index (χ4v) is 1.84. The van der Waals surface area contributed by atoms with E-state index in [0.717, 1.165) is 16.5 Å². The van der Waals surface area contributed by atoms with Crippen molar-refractivity contribution in [2.24, 2.45) is 0 Å². The first kappa shape index (κ1) is 9.21. The lowest BCUT2D eigenvalue weighted by Crippen LogP contribution is -1.85. The number of hydrogen-bond donors (Lipinski definition) is 0. The van der Waals surface area contributed by atoms with Crippen LogP contribution in [0.15, 0.2) is 53.8 Å². The number of nitrogens with zero attached hydrogens (tertiary/aromatic N) is 2. The molecule has 0 atom stereocenters. The fourth-order valence-electron chi connectivity index (χ4n) is 1.06. The first-order valence-corrected chi connectivity index (χ1v) is 5.37. The zero-order valence-corrected chi connectivity index (χ0v) is 8.45. The van der Waals surface area contributed by atoms with Gasteiger partial charge in [-0.05, 0) is 24.3 Å². The summed E-state index contributed by atoms with van der Waals surface area (Å²) in [6.45, 7) is 0. The molecule has 0 unspecified atom stereocenters. The molecule has 0 bridgehead atoms. The summed E-state index contributed by atoms with van der Waals surface area (Å²) in [6, 6.07) is 11.9. The van der Waals surface area contributed by atoms with Crippen molar-refractivity contribution in [1.82, 2.24) is 9.97 Å². The summed E-state index contributed by atoms with van der Waals surface area (Å²) in [5.74, 6) is 0.873. The van der Waals surface area contributed by atoms with Crippen LogP contribution in [0.4, 0.5) is 0 Å². The van der Waals surface area contributed by atoms with Gasteiger partial charge in [-0.3, -0.25) is 4.98 Å². The van der Waals surface area contributed by atoms with E-state index in [2.05, 4.69) is 9.97 Å². The van der Waals surface area contributed by atoms with Gasteiger partial charge < -0.3 is 0 Å². The van der Waals surface area contributed by atoms with Crippen LogP contribution in [0.2, 0.25) is 0 Å². The summed E-state index contributed by atoms with van der Waals surface area (Å²) in [5.41, 5.74) is 1.09.